The van der Waals surface area contributed by atoms with Crippen molar-refractivity contribution in [3.05, 3.63) is 23.5 Å². The van der Waals surface area contributed by atoms with E-state index in [2.05, 4.69) is 10.1 Å². The Morgan fingerprint density at radius 2 is 2.43 bits per heavy atom. The van der Waals surface area contributed by atoms with Gasteiger partial charge in [-0.05, 0) is 0 Å². The van der Waals surface area contributed by atoms with Gasteiger partial charge in [-0.2, -0.15) is 5.10 Å². The Hall–Kier alpha value is -1.69. The van der Waals surface area contributed by atoms with Gasteiger partial charge in [0, 0.05) is 24.2 Å². The zero-order valence-corrected chi connectivity index (χ0v) is 8.28. The molecule has 0 aliphatic carbocycles. The molecule has 14 heavy (non-hydrogen) atoms. The third-order valence-corrected chi connectivity index (χ3v) is 2.60. The van der Waals surface area contributed by atoms with Crippen LogP contribution in [0, 0.1) is 0 Å². The molecule has 0 radical (unpaired) electrons. The summed E-state index contributed by atoms with van der Waals surface area (Å²) in [7, 11) is 1.83. The van der Waals surface area contributed by atoms with E-state index in [-0.39, 0.29) is 0 Å². The molecule has 1 amide bonds. The number of hydrogen-bond acceptors (Lipinski definition) is 4. The minimum Gasteiger partial charge on any atom is -0.364 e. The normalized spacial score (nSPS) is 10.4. The number of hydrogen-bond donors (Lipinski definition) is 1. The average molecular weight is 208 g/mol. The molecule has 2 rings (SSSR count). The van der Waals surface area contributed by atoms with E-state index >= 15 is 0 Å². The van der Waals surface area contributed by atoms with E-state index in [1.165, 1.54) is 11.3 Å². The van der Waals surface area contributed by atoms with Crippen molar-refractivity contribution in [1.29, 1.82) is 0 Å². The molecule has 5 nitrogen and oxygen atoms in total. The first-order chi connectivity index (χ1) is 6.66. The maximum Gasteiger partial charge on any atom is 0.268 e. The molecular formula is C8H8N4OS. The maximum absolute atomic E-state index is 10.8. The second-order valence-corrected chi connectivity index (χ2v) is 3.66. The third-order valence-electron chi connectivity index (χ3n) is 1.71. The molecule has 0 spiro atoms. The molecule has 0 aliphatic heterocycles. The van der Waals surface area contributed by atoms with Crippen molar-refractivity contribution in [1.82, 2.24) is 14.8 Å². The van der Waals surface area contributed by atoms with Crippen LogP contribution in [0.3, 0.4) is 0 Å². The number of rotatable bonds is 2. The second-order valence-electron chi connectivity index (χ2n) is 2.80. The lowest BCUT2D eigenvalue weighted by atomic mass is 10.4. The quantitative estimate of drug-likeness (QED) is 0.787. The number of nitrogens with two attached hydrogens (primary N) is 1. The number of thiazole rings is 1. The fourth-order valence-electron chi connectivity index (χ4n) is 1.05. The lowest BCUT2D eigenvalue weighted by Gasteiger charge is -1.86. The van der Waals surface area contributed by atoms with Crippen molar-refractivity contribution in [2.75, 3.05) is 0 Å². The largest absolute Gasteiger partial charge is 0.364 e. The van der Waals surface area contributed by atoms with Crippen LogP contribution in [0.2, 0.25) is 0 Å². The van der Waals surface area contributed by atoms with Gasteiger partial charge in [0.25, 0.3) is 5.91 Å². The highest BCUT2D eigenvalue weighted by atomic mass is 32.1. The van der Waals surface area contributed by atoms with Gasteiger partial charge < -0.3 is 5.73 Å². The Morgan fingerprint density at radius 1 is 1.64 bits per heavy atom. The van der Waals surface area contributed by atoms with E-state index in [9.17, 15) is 4.79 Å². The highest BCUT2D eigenvalue weighted by Gasteiger charge is 2.09. The SMILES string of the molecule is Cn1cc(-c2nc(C(N)=O)cs2)cn1. The molecule has 0 bridgehead atoms. The van der Waals surface area contributed by atoms with Gasteiger partial charge >= 0.3 is 0 Å². The van der Waals surface area contributed by atoms with Gasteiger partial charge in [-0.25, -0.2) is 4.98 Å². The first kappa shape index (κ1) is 8.89. The number of aromatic nitrogens is 3. The Balaban J connectivity index is 2.38. The van der Waals surface area contributed by atoms with E-state index in [1.807, 2.05) is 13.2 Å². The van der Waals surface area contributed by atoms with Crippen molar-refractivity contribution in [3.63, 3.8) is 0 Å². The Bertz CT molecular complexity index is 473. The van der Waals surface area contributed by atoms with Gasteiger partial charge in [-0.1, -0.05) is 0 Å². The van der Waals surface area contributed by atoms with Crippen LogP contribution < -0.4 is 5.73 Å². The predicted octanol–water partition coefficient (Wildman–Crippen LogP) is 0.643. The molecule has 2 aromatic rings. The van der Waals surface area contributed by atoms with Crippen LogP contribution >= 0.6 is 11.3 Å². The van der Waals surface area contributed by atoms with E-state index in [1.54, 1.807) is 16.3 Å². The van der Waals surface area contributed by atoms with Crippen LogP contribution in [0.5, 0.6) is 0 Å². The smallest absolute Gasteiger partial charge is 0.268 e. The minimum absolute atomic E-state index is 0.300. The van der Waals surface area contributed by atoms with Crippen molar-refractivity contribution in [2.45, 2.75) is 0 Å². The number of carbonyl (C=O) groups excluding carboxylic acids is 1. The first-order valence-corrected chi connectivity index (χ1v) is 4.79. The van der Waals surface area contributed by atoms with Crippen molar-refractivity contribution < 1.29 is 4.79 Å². The molecule has 0 saturated carbocycles. The number of primary amides is 1. The molecule has 2 heterocycles. The molecule has 0 saturated heterocycles. The summed E-state index contributed by atoms with van der Waals surface area (Å²) in [5.74, 6) is -0.503. The summed E-state index contributed by atoms with van der Waals surface area (Å²) < 4.78 is 1.68. The molecule has 2 aromatic heterocycles. The molecule has 0 unspecified atom stereocenters. The number of aryl methyl sites for hydroxylation is 1. The van der Waals surface area contributed by atoms with E-state index in [0.717, 1.165) is 10.6 Å². The highest BCUT2D eigenvalue weighted by molar-refractivity contribution is 7.13. The van der Waals surface area contributed by atoms with Crippen molar-refractivity contribution in [3.8, 4) is 10.6 Å². The van der Waals surface area contributed by atoms with Crippen LogP contribution in [0.25, 0.3) is 10.6 Å². The monoisotopic (exact) mass is 208 g/mol. The Kier molecular flexibility index (Phi) is 2.05. The van der Waals surface area contributed by atoms with Gasteiger partial charge in [-0.15, -0.1) is 11.3 Å². The van der Waals surface area contributed by atoms with Crippen LogP contribution in [-0.4, -0.2) is 20.7 Å². The topological polar surface area (TPSA) is 73.8 Å². The van der Waals surface area contributed by atoms with Gasteiger partial charge in [0.15, 0.2) is 0 Å². The predicted molar refractivity (Wildman–Crippen MR) is 52.8 cm³/mol. The summed E-state index contributed by atoms with van der Waals surface area (Å²) in [5.41, 5.74) is 6.29. The zero-order chi connectivity index (χ0) is 10.1. The number of nitrogens with zero attached hydrogens (tertiary/aromatic N) is 3. The summed E-state index contributed by atoms with van der Waals surface area (Å²) in [5, 5.41) is 6.41. The van der Waals surface area contributed by atoms with Crippen LogP contribution in [-0.2, 0) is 7.05 Å². The molecular weight excluding hydrogens is 200 g/mol. The standard InChI is InChI=1S/C8H8N4OS/c1-12-3-5(2-10-12)8-11-6(4-14-8)7(9)13/h2-4H,1H3,(H2,9,13). The van der Waals surface area contributed by atoms with E-state index in [4.69, 9.17) is 5.73 Å². The number of carbonyl (C=O) groups is 1. The summed E-state index contributed by atoms with van der Waals surface area (Å²) in [6.07, 6.45) is 3.53. The van der Waals surface area contributed by atoms with Crippen LogP contribution in [0.1, 0.15) is 10.5 Å². The van der Waals surface area contributed by atoms with E-state index in [0.29, 0.717) is 5.69 Å². The van der Waals surface area contributed by atoms with Crippen molar-refractivity contribution in [2.24, 2.45) is 12.8 Å². The molecule has 0 atom stereocenters. The fourth-order valence-corrected chi connectivity index (χ4v) is 1.84. The third kappa shape index (κ3) is 1.51. The molecule has 2 N–H and O–H groups in total. The zero-order valence-electron chi connectivity index (χ0n) is 7.47. The lowest BCUT2D eigenvalue weighted by Crippen LogP contribution is -2.10. The Labute approximate surface area is 84.2 Å². The molecule has 0 aliphatic rings. The summed E-state index contributed by atoms with van der Waals surface area (Å²) in [6, 6.07) is 0. The highest BCUT2D eigenvalue weighted by Crippen LogP contribution is 2.22. The van der Waals surface area contributed by atoms with Gasteiger partial charge in [0.2, 0.25) is 0 Å². The van der Waals surface area contributed by atoms with Crippen molar-refractivity contribution >= 4 is 17.2 Å². The van der Waals surface area contributed by atoms with Gasteiger partial charge in [0.05, 0.1) is 6.20 Å². The molecule has 72 valence electrons. The molecule has 6 heteroatoms. The molecule has 0 aromatic carbocycles. The second kappa shape index (κ2) is 3.22. The average Bonchev–Trinajstić information content (AvgIpc) is 2.70. The summed E-state index contributed by atoms with van der Waals surface area (Å²) in [4.78, 5) is 14.9. The van der Waals surface area contributed by atoms with Crippen LogP contribution in [0.4, 0.5) is 0 Å². The maximum atomic E-state index is 10.8. The van der Waals surface area contributed by atoms with Gasteiger partial charge in [-0.3, -0.25) is 9.48 Å². The minimum atomic E-state index is -0.503. The summed E-state index contributed by atoms with van der Waals surface area (Å²) in [6.45, 7) is 0. The van der Waals surface area contributed by atoms with Crippen LogP contribution in [0.15, 0.2) is 17.8 Å². The fraction of sp³-hybridized carbons (Fsp3) is 0.125. The lowest BCUT2D eigenvalue weighted by molar-refractivity contribution is 0.0996. The van der Waals surface area contributed by atoms with E-state index < -0.39 is 5.91 Å². The van der Waals surface area contributed by atoms with Gasteiger partial charge in [0.1, 0.15) is 10.7 Å². The Morgan fingerprint density at radius 3 is 2.93 bits per heavy atom. The summed E-state index contributed by atoms with van der Waals surface area (Å²) >= 11 is 1.38. The number of amides is 1. The first-order valence-electron chi connectivity index (χ1n) is 3.91. The molecule has 0 fully saturated rings.